The Balaban J connectivity index is 1.08. The number of aromatic nitrogens is 1. The highest BCUT2D eigenvalue weighted by atomic mass is 32.2. The Kier molecular flexibility index (Phi) is 8.27. The van der Waals surface area contributed by atoms with Crippen LogP contribution in [0.15, 0.2) is 46.3 Å². The van der Waals surface area contributed by atoms with E-state index in [2.05, 4.69) is 20.3 Å². The minimum atomic E-state index is -3.62. The third-order valence-electron chi connectivity index (χ3n) is 7.59. The summed E-state index contributed by atoms with van der Waals surface area (Å²) in [5.74, 6) is 0.350. The van der Waals surface area contributed by atoms with E-state index in [1.54, 1.807) is 18.2 Å². The number of hydrogen-bond acceptors (Lipinski definition) is 10. The lowest BCUT2D eigenvalue weighted by atomic mass is 9.88. The zero-order chi connectivity index (χ0) is 27.7. The van der Waals surface area contributed by atoms with E-state index >= 15 is 0 Å². The maximum absolute atomic E-state index is 13.2. The van der Waals surface area contributed by atoms with Crippen molar-refractivity contribution < 1.29 is 31.4 Å². The number of sulfonamides is 2. The Bertz CT molecular complexity index is 1400. The molecule has 0 unspecified atom stereocenters. The summed E-state index contributed by atoms with van der Waals surface area (Å²) >= 11 is 0. The lowest BCUT2D eigenvalue weighted by Gasteiger charge is -2.38. The third-order valence-corrected chi connectivity index (χ3v) is 10.9. The summed E-state index contributed by atoms with van der Waals surface area (Å²) < 4.78 is 65.9. The standard InChI is InChI=1S/C25H35N5O7S2/c1-26-38(32,33)22-4-2-3-21(10-22)36-17-20(31)13-28-19-11-25(37-16-19)5-7-30(8-6-25)39(34,35)23-9-18-12-27-15-24(18)29-14-23/h2-4,9-10,14,19-20,26-28,31H,5-8,11-13,15-17H2,1H3/t19-,20+/m1/s1. The average Bonchev–Trinajstić information content (AvgIpc) is 3.58. The van der Waals surface area contributed by atoms with Crippen LogP contribution in [0.1, 0.15) is 30.5 Å². The molecule has 12 nitrogen and oxygen atoms in total. The molecule has 0 bridgehead atoms. The first-order chi connectivity index (χ1) is 18.6. The largest absolute Gasteiger partial charge is 0.491 e. The van der Waals surface area contributed by atoms with Crippen LogP contribution in [0.25, 0.3) is 0 Å². The van der Waals surface area contributed by atoms with Gasteiger partial charge in [0.25, 0.3) is 0 Å². The predicted molar refractivity (Wildman–Crippen MR) is 142 cm³/mol. The SMILES string of the molecule is CNS(=O)(=O)c1cccc(OC[C@@H](O)CN[C@H]2COC3(CCN(S(=O)(=O)c4cnc5c(c4)CNC5)CC3)C2)c1. The first-order valence-electron chi connectivity index (χ1n) is 13.0. The summed E-state index contributed by atoms with van der Waals surface area (Å²) in [4.78, 5) is 4.65. The topological polar surface area (TPSA) is 159 Å². The number of hydrogen-bond donors (Lipinski definition) is 4. The number of aliphatic hydroxyl groups is 1. The van der Waals surface area contributed by atoms with Crippen LogP contribution in [-0.2, 0) is 37.9 Å². The fraction of sp³-hybridized carbons (Fsp3) is 0.560. The van der Waals surface area contributed by atoms with Gasteiger partial charge in [-0.1, -0.05) is 6.07 Å². The molecule has 2 atom stereocenters. The molecule has 2 aromatic rings. The van der Waals surface area contributed by atoms with E-state index in [0.717, 1.165) is 17.7 Å². The number of aliphatic hydroxyl groups excluding tert-OH is 1. The van der Waals surface area contributed by atoms with Gasteiger partial charge in [0.1, 0.15) is 23.4 Å². The van der Waals surface area contributed by atoms with Crippen molar-refractivity contribution >= 4 is 20.0 Å². The van der Waals surface area contributed by atoms with E-state index in [0.29, 0.717) is 51.4 Å². The molecule has 1 aromatic heterocycles. The van der Waals surface area contributed by atoms with Crippen LogP contribution in [0, 0.1) is 0 Å². The van der Waals surface area contributed by atoms with E-state index in [1.807, 2.05) is 0 Å². The molecule has 2 fully saturated rings. The van der Waals surface area contributed by atoms with Gasteiger partial charge in [-0.05, 0) is 50.1 Å². The minimum Gasteiger partial charge on any atom is -0.491 e. The zero-order valence-corrected chi connectivity index (χ0v) is 23.4. The van der Waals surface area contributed by atoms with Crippen molar-refractivity contribution in [3.05, 3.63) is 47.8 Å². The van der Waals surface area contributed by atoms with Gasteiger partial charge < -0.3 is 25.2 Å². The van der Waals surface area contributed by atoms with Gasteiger partial charge in [-0.2, -0.15) is 4.31 Å². The van der Waals surface area contributed by atoms with Crippen molar-refractivity contribution in [1.29, 1.82) is 0 Å². The number of piperidine rings is 1. The van der Waals surface area contributed by atoms with E-state index in [1.165, 1.54) is 29.7 Å². The van der Waals surface area contributed by atoms with Gasteiger partial charge in [0.2, 0.25) is 20.0 Å². The Labute approximate surface area is 229 Å². The molecule has 39 heavy (non-hydrogen) atoms. The van der Waals surface area contributed by atoms with Crippen molar-refractivity contribution in [2.75, 3.05) is 39.9 Å². The van der Waals surface area contributed by atoms with Crippen molar-refractivity contribution in [2.24, 2.45) is 0 Å². The lowest BCUT2D eigenvalue weighted by molar-refractivity contribution is -0.0312. The molecule has 5 rings (SSSR count). The number of nitrogens with one attached hydrogen (secondary N) is 3. The Morgan fingerprint density at radius 2 is 2.00 bits per heavy atom. The molecule has 0 saturated carbocycles. The highest BCUT2D eigenvalue weighted by Crippen LogP contribution is 2.37. The molecule has 0 aliphatic carbocycles. The quantitative estimate of drug-likeness (QED) is 0.299. The average molecular weight is 582 g/mol. The second-order valence-corrected chi connectivity index (χ2v) is 14.1. The molecule has 4 N–H and O–H groups in total. The maximum Gasteiger partial charge on any atom is 0.244 e. The van der Waals surface area contributed by atoms with Crippen LogP contribution >= 0.6 is 0 Å². The van der Waals surface area contributed by atoms with Crippen molar-refractivity contribution in [3.63, 3.8) is 0 Å². The molecule has 2 saturated heterocycles. The van der Waals surface area contributed by atoms with Crippen LogP contribution in [0.5, 0.6) is 5.75 Å². The summed E-state index contributed by atoms with van der Waals surface area (Å²) in [5, 5.41) is 16.9. The zero-order valence-electron chi connectivity index (χ0n) is 21.8. The van der Waals surface area contributed by atoms with E-state index in [-0.39, 0.29) is 34.6 Å². The molecule has 1 spiro atoms. The molecular formula is C25H35N5O7S2. The summed E-state index contributed by atoms with van der Waals surface area (Å²) in [6.07, 6.45) is 2.57. The summed E-state index contributed by atoms with van der Waals surface area (Å²) in [6, 6.07) is 7.84. The summed E-state index contributed by atoms with van der Waals surface area (Å²) in [5.41, 5.74) is 1.44. The van der Waals surface area contributed by atoms with E-state index in [9.17, 15) is 21.9 Å². The second kappa shape index (κ2) is 11.4. The van der Waals surface area contributed by atoms with Crippen LogP contribution < -0.4 is 20.1 Å². The molecular weight excluding hydrogens is 546 g/mol. The molecule has 3 aliphatic heterocycles. The molecule has 0 amide bonds. The van der Waals surface area contributed by atoms with Gasteiger partial charge in [-0.15, -0.1) is 0 Å². The normalized spacial score (nSPS) is 22.2. The molecule has 3 aliphatic rings. The highest BCUT2D eigenvalue weighted by Gasteiger charge is 2.44. The molecule has 14 heteroatoms. The molecule has 1 aromatic carbocycles. The molecule has 0 radical (unpaired) electrons. The van der Waals surface area contributed by atoms with Gasteiger partial charge in [0, 0.05) is 51.0 Å². The number of rotatable bonds is 10. The number of ether oxygens (including phenoxy) is 2. The number of benzene rings is 1. The van der Waals surface area contributed by atoms with E-state index in [4.69, 9.17) is 9.47 Å². The van der Waals surface area contributed by atoms with Crippen LogP contribution in [-0.4, -0.2) is 88.9 Å². The molecule has 214 valence electrons. The number of fused-ring (bicyclic) bond motifs is 1. The van der Waals surface area contributed by atoms with Gasteiger partial charge in [-0.3, -0.25) is 4.98 Å². The number of pyridine rings is 1. The van der Waals surface area contributed by atoms with E-state index < -0.39 is 26.2 Å². The van der Waals surface area contributed by atoms with Crippen molar-refractivity contribution in [3.8, 4) is 5.75 Å². The van der Waals surface area contributed by atoms with Gasteiger partial charge in [0.05, 0.1) is 22.8 Å². The van der Waals surface area contributed by atoms with Crippen molar-refractivity contribution in [2.45, 2.75) is 59.9 Å². The molecule has 4 heterocycles. The summed E-state index contributed by atoms with van der Waals surface area (Å²) in [6.45, 7) is 2.80. The third kappa shape index (κ3) is 6.28. The minimum absolute atomic E-state index is 0.00475. The van der Waals surface area contributed by atoms with Gasteiger partial charge in [0.15, 0.2) is 0 Å². The predicted octanol–water partition coefficient (Wildman–Crippen LogP) is -0.0654. The second-order valence-electron chi connectivity index (χ2n) is 10.2. The fourth-order valence-electron chi connectivity index (χ4n) is 5.30. The maximum atomic E-state index is 13.2. The fourth-order valence-corrected chi connectivity index (χ4v) is 7.50. The van der Waals surface area contributed by atoms with Gasteiger partial charge >= 0.3 is 0 Å². The van der Waals surface area contributed by atoms with Crippen LogP contribution in [0.4, 0.5) is 0 Å². The van der Waals surface area contributed by atoms with Gasteiger partial charge in [-0.25, -0.2) is 21.6 Å². The van der Waals surface area contributed by atoms with Crippen LogP contribution in [0.2, 0.25) is 0 Å². The van der Waals surface area contributed by atoms with Crippen LogP contribution in [0.3, 0.4) is 0 Å². The lowest BCUT2D eigenvalue weighted by Crippen LogP contribution is -2.47. The first-order valence-corrected chi connectivity index (χ1v) is 15.9. The highest BCUT2D eigenvalue weighted by molar-refractivity contribution is 7.89. The Hall–Kier alpha value is -2.17. The van der Waals surface area contributed by atoms with Crippen molar-refractivity contribution in [1.82, 2.24) is 24.6 Å². The summed E-state index contributed by atoms with van der Waals surface area (Å²) in [7, 11) is -5.86. The number of nitrogens with zero attached hydrogens (tertiary/aromatic N) is 2. The first kappa shape index (κ1) is 28.4. The monoisotopic (exact) mass is 581 g/mol. The Morgan fingerprint density at radius 1 is 1.21 bits per heavy atom. The Morgan fingerprint density at radius 3 is 2.77 bits per heavy atom. The smallest absolute Gasteiger partial charge is 0.244 e.